The highest BCUT2D eigenvalue weighted by molar-refractivity contribution is 8.02. The molecule has 0 radical (unpaired) electrons. The van der Waals surface area contributed by atoms with E-state index in [9.17, 15) is 0 Å². The Morgan fingerprint density at radius 2 is 0.545 bits per heavy atom. The molecule has 15 saturated heterocycles. The fourth-order valence-electron chi connectivity index (χ4n) is 17.9. The van der Waals surface area contributed by atoms with Gasteiger partial charge in [-0.2, -0.15) is 23.5 Å². The second-order valence-corrected chi connectivity index (χ2v) is 63.9. The molecule has 21 fully saturated rings. The highest BCUT2D eigenvalue weighted by Crippen LogP contribution is 2.45. The smallest absolute Gasteiger partial charge is 0.162 e. The molecule has 0 bridgehead atoms. The summed E-state index contributed by atoms with van der Waals surface area (Å²) < 4.78 is 47.1. The average Bonchev–Trinajstić information content (AvgIpc) is 1.84. The maximum absolute atomic E-state index is 5.34. The van der Waals surface area contributed by atoms with Crippen LogP contribution in [-0.2, 0) is 42.6 Å². The minimum atomic E-state index is -0.306. The molecule has 0 aromatic rings. The van der Waals surface area contributed by atoms with Crippen molar-refractivity contribution in [3.63, 3.8) is 0 Å². The van der Waals surface area contributed by atoms with E-state index in [0.29, 0.717) is 82.2 Å². The summed E-state index contributed by atoms with van der Waals surface area (Å²) in [6.07, 6.45) is 51.6. The Bertz CT molecular complexity index is 2490. The summed E-state index contributed by atoms with van der Waals surface area (Å²) in [7, 11) is 0. The van der Waals surface area contributed by atoms with E-state index in [4.69, 9.17) is 42.6 Å². The van der Waals surface area contributed by atoms with Gasteiger partial charge in [-0.1, -0.05) is 258 Å². The van der Waals surface area contributed by atoms with Gasteiger partial charge in [-0.25, -0.2) is 0 Å². The third kappa shape index (κ3) is 83.2. The van der Waals surface area contributed by atoms with Gasteiger partial charge in [0, 0.05) is 92.7 Å². The van der Waals surface area contributed by atoms with E-state index in [-0.39, 0.29) is 22.6 Å². The van der Waals surface area contributed by atoms with Crippen molar-refractivity contribution in [2.45, 2.75) is 572 Å². The summed E-state index contributed by atoms with van der Waals surface area (Å²) in [6, 6.07) is 0. The van der Waals surface area contributed by atoms with E-state index in [1.807, 2.05) is 25.6 Å². The molecule has 143 heavy (non-hydrogen) atoms. The lowest BCUT2D eigenvalue weighted by Gasteiger charge is -2.35. The zero-order valence-electron chi connectivity index (χ0n) is 104. The molecule has 15 aliphatic heterocycles. The van der Waals surface area contributed by atoms with Gasteiger partial charge >= 0.3 is 0 Å². The second kappa shape index (κ2) is 66.6. The molecule has 0 aromatic carbocycles. The third-order valence-corrected chi connectivity index (χ3v) is 34.8. The summed E-state index contributed by atoms with van der Waals surface area (Å²) in [5.74, 6) is 3.81. The molecule has 15 heterocycles. The number of hydrogen-bond donors (Lipinski definition) is 7. The Morgan fingerprint density at radius 3 is 0.650 bits per heavy atom. The summed E-state index contributed by atoms with van der Waals surface area (Å²) in [6.45, 7) is 117. The van der Waals surface area contributed by atoms with Crippen molar-refractivity contribution >= 4 is 23.5 Å². The minimum absolute atomic E-state index is 0.0833. The first-order valence-corrected chi connectivity index (χ1v) is 61.3. The molecule has 858 valence electrons. The summed E-state index contributed by atoms with van der Waals surface area (Å²) in [5.41, 5.74) is 9.82. The van der Waals surface area contributed by atoms with Crippen LogP contribution in [-0.4, -0.2) is 206 Å². The number of ether oxygens (including phenoxy) is 9. The second-order valence-electron chi connectivity index (χ2n) is 61.1. The van der Waals surface area contributed by atoms with Crippen molar-refractivity contribution in [3.8, 4) is 0 Å². The van der Waals surface area contributed by atoms with Gasteiger partial charge < -0.3 is 69.2 Å². The van der Waals surface area contributed by atoms with Crippen LogP contribution in [0, 0.1) is 70.4 Å². The summed E-state index contributed by atoms with van der Waals surface area (Å²) >= 11 is 4.11. The fourth-order valence-corrected chi connectivity index (χ4v) is 20.0. The molecule has 0 unspecified atom stereocenters. The molecule has 7 N–H and O–H groups in total. The molecule has 0 atom stereocenters. The molecule has 0 spiro atoms. The molecule has 0 amide bonds. The predicted octanol–water partition coefficient (Wildman–Crippen LogP) is 32.6. The summed E-state index contributed by atoms with van der Waals surface area (Å²) in [5, 5.41) is 22.9. The molecule has 0 aromatic heterocycles. The molecule has 18 heteroatoms. The van der Waals surface area contributed by atoms with Crippen LogP contribution < -0.4 is 37.2 Å². The average molecular weight is 2070 g/mol. The van der Waals surface area contributed by atoms with Gasteiger partial charge in [0.2, 0.25) is 0 Å². The van der Waals surface area contributed by atoms with Gasteiger partial charge in [0.1, 0.15) is 0 Å². The predicted molar refractivity (Wildman–Crippen MR) is 631 cm³/mol. The zero-order valence-corrected chi connectivity index (χ0v) is 106. The Labute approximate surface area is 902 Å². The maximum atomic E-state index is 5.34. The van der Waals surface area contributed by atoms with Gasteiger partial charge in [0.25, 0.3) is 0 Å². The van der Waals surface area contributed by atoms with Crippen molar-refractivity contribution in [1.29, 1.82) is 0 Å². The number of hydrogen-bond acceptors (Lipinski definition) is 18. The van der Waals surface area contributed by atoms with Crippen LogP contribution in [0.5, 0.6) is 0 Å². The normalized spacial score (nSPS) is 28.4. The first-order valence-electron chi connectivity index (χ1n) is 59.1. The quantitative estimate of drug-likeness (QED) is 0.122. The van der Waals surface area contributed by atoms with Crippen LogP contribution in [0.25, 0.3) is 0 Å². The van der Waals surface area contributed by atoms with Crippen LogP contribution in [0.3, 0.4) is 0 Å². The Hall–Kier alpha value is 0.0600. The van der Waals surface area contributed by atoms with E-state index in [1.165, 1.54) is 294 Å². The Morgan fingerprint density at radius 1 is 0.196 bits per heavy atom. The monoisotopic (exact) mass is 2060 g/mol. The molecular weight excluding hydrogens is 1810 g/mol. The van der Waals surface area contributed by atoms with E-state index >= 15 is 0 Å². The van der Waals surface area contributed by atoms with Crippen molar-refractivity contribution in [2.24, 2.45) is 70.4 Å². The Balaban J connectivity index is 0.000000751. The molecule has 6 saturated carbocycles. The lowest BCUT2D eigenvalue weighted by Crippen LogP contribution is -2.51. The molecule has 21 aliphatic rings. The first kappa shape index (κ1) is 141. The number of piperidine rings is 1. The molecule has 16 nitrogen and oxygen atoms in total. The Kier molecular flexibility index (Phi) is 65.7. The van der Waals surface area contributed by atoms with Crippen molar-refractivity contribution in [1.82, 2.24) is 37.2 Å². The van der Waals surface area contributed by atoms with Gasteiger partial charge in [-0.15, -0.1) is 0 Å². The SMILES string of the molecule is CC1(C)CC1.CC1(C)CCC1.CC1(C)CCC1.CC1(C)CCCC1.CC1(C)CCCCC1.CC1(C)CCCCC1.CC1(C)CCCN1.CC1(C)CCCNC1.CC1(C)CCCO1.CC1(C)CCCOC1.CC1(C)CCN1.CC1(C)CCNC1.CC1(C)CCO1.CC1(C)CCOC1.CC1(C)CCOCC1.CC1(C)CCS1.CC1(C)CNCN1.CC1(C)CNCO1.CC1(C)COC1.CC1(C)CSC1.CC1(C)OCCO1. The van der Waals surface area contributed by atoms with Crippen molar-refractivity contribution in [2.75, 3.05) is 162 Å². The molecule has 6 aliphatic carbocycles. The number of nitrogens with one attached hydrogen (secondary N) is 7. The maximum Gasteiger partial charge on any atom is 0.162 e. The van der Waals surface area contributed by atoms with E-state index in [1.54, 1.807) is 0 Å². The van der Waals surface area contributed by atoms with E-state index < -0.39 is 0 Å². The van der Waals surface area contributed by atoms with Crippen LogP contribution in [0.15, 0.2) is 0 Å². The fraction of sp³-hybridized carbons (Fsp3) is 1.00. The largest absolute Gasteiger partial charge is 0.381 e. The van der Waals surface area contributed by atoms with Crippen molar-refractivity contribution < 1.29 is 42.6 Å². The standard InChI is InChI=1S/2C8H16.C7H15N.2C7H14O.C7H14.2C6H13N.2C6H12O.2C6H12.C5H12N2.C5H11NO.C5H11N.C5H10O2.2C5H10O.2C5H10S.C5H10/c2*1-8(2)6-4-3-5-7-8;1-7(2)4-3-5-8-6-7;1-7(2)3-5-8-6-4-7;1-7(2)4-3-5-8-6-7;1-7(2)5-3-4-6-7;1-6(2)3-4-7-5-6;1-6(2)4-3-5-7-6;1-6(2)3-4-7-5-6;1-6(2)4-3-5-7-6;2*1-6(2)4-3-5-6;2*1-5(2)3-6-4-7-5;1-5(2)3-4-6-5;1-5(2)6-3-4-7-5;1-5(2)3-6-4-5;1-5(2)3-4-6-5;1-5(2)3-6-4-5;1-5(2)3-4-6-5;1-5(2)3-4-5/h2*3-7H2,1-2H3;8H,3-6H2,1-2H3;2*3-6H2,1-2H3;3-6H2,1-2H3;2*7H,3-5H2,1-2H3;2*3-5H2,1-2H3;2*3-5H2,1-2H3;6-7H,3-4H2,1-2H3;6H,3-4H2,1-2H3;6H,3-4H2,1-2H3;3-4H2,1-2H3;4*3-4H2,1-2H3;3-4H2,1-2H3. The topological polar surface area (TPSA) is 167 Å². The first-order chi connectivity index (χ1) is 65.3. The van der Waals surface area contributed by atoms with E-state index in [2.05, 4.69) is 326 Å². The van der Waals surface area contributed by atoms with E-state index in [0.717, 1.165) is 115 Å². The highest BCUT2D eigenvalue weighted by Gasteiger charge is 2.35. The third-order valence-electron chi connectivity index (χ3n) is 31.4. The van der Waals surface area contributed by atoms with Crippen LogP contribution in [0.1, 0.15) is 528 Å². The lowest BCUT2D eigenvalue weighted by atomic mass is 9.72. The van der Waals surface area contributed by atoms with Crippen molar-refractivity contribution in [3.05, 3.63) is 0 Å². The van der Waals surface area contributed by atoms with Gasteiger partial charge in [0.15, 0.2) is 5.79 Å². The van der Waals surface area contributed by atoms with Crippen LogP contribution in [0.4, 0.5) is 0 Å². The summed E-state index contributed by atoms with van der Waals surface area (Å²) in [4.78, 5) is 0. The number of thioether (sulfide) groups is 2. The minimum Gasteiger partial charge on any atom is -0.381 e. The molecular formula is C125H257N7O9S2. The molecule has 21 rings (SSSR count). The van der Waals surface area contributed by atoms with Gasteiger partial charge in [-0.3, -0.25) is 10.6 Å². The highest BCUT2D eigenvalue weighted by atomic mass is 32.2. The van der Waals surface area contributed by atoms with Crippen LogP contribution >= 0.6 is 23.5 Å². The van der Waals surface area contributed by atoms with Gasteiger partial charge in [-0.05, 0) is 379 Å². The lowest BCUT2D eigenvalue weighted by molar-refractivity contribution is -0.125. The number of rotatable bonds is 0. The van der Waals surface area contributed by atoms with Crippen LogP contribution in [0.2, 0.25) is 0 Å². The van der Waals surface area contributed by atoms with Gasteiger partial charge in [0.05, 0.1) is 69.8 Å². The zero-order chi connectivity index (χ0) is 109.